The molecule has 0 unspecified atom stereocenters. The highest BCUT2D eigenvalue weighted by molar-refractivity contribution is 7.89. The van der Waals surface area contributed by atoms with E-state index >= 15 is 0 Å². The van der Waals surface area contributed by atoms with Crippen molar-refractivity contribution < 1.29 is 13.5 Å². The molecule has 0 saturated heterocycles. The average molecular weight is 314 g/mol. The largest absolute Gasteiger partial charge is 0.390 e. The molecule has 2 aromatic rings. The number of aryl methyl sites for hydroxylation is 1. The lowest BCUT2D eigenvalue weighted by atomic mass is 10.4. The van der Waals surface area contributed by atoms with Crippen LogP contribution in [-0.4, -0.2) is 18.1 Å². The lowest BCUT2D eigenvalue weighted by molar-refractivity contribution is 0.270. The van der Waals surface area contributed by atoms with E-state index in [4.69, 9.17) is 0 Å². The minimum atomic E-state index is -3.54. The van der Waals surface area contributed by atoms with Gasteiger partial charge in [-0.1, -0.05) is 6.92 Å². The lowest BCUT2D eigenvalue weighted by Gasteiger charge is -2.04. The molecule has 0 atom stereocenters. The van der Waals surface area contributed by atoms with Crippen molar-refractivity contribution in [3.05, 3.63) is 40.3 Å². The zero-order valence-electron chi connectivity index (χ0n) is 11.2. The Balaban J connectivity index is 2.16. The summed E-state index contributed by atoms with van der Waals surface area (Å²) in [6, 6.07) is 3.40. The second-order valence-electron chi connectivity index (χ2n) is 4.47. The van der Waals surface area contributed by atoms with Gasteiger partial charge in [-0.15, -0.1) is 0 Å². The second kappa shape index (κ2) is 6.53. The molecule has 5 nitrogen and oxygen atoms in total. The van der Waals surface area contributed by atoms with Gasteiger partial charge >= 0.3 is 0 Å². The fourth-order valence-corrected chi connectivity index (χ4v) is 3.66. The van der Waals surface area contributed by atoms with Crippen LogP contribution in [-0.2, 0) is 29.7 Å². The van der Waals surface area contributed by atoms with Gasteiger partial charge in [-0.3, -0.25) is 0 Å². The molecule has 20 heavy (non-hydrogen) atoms. The summed E-state index contributed by atoms with van der Waals surface area (Å²) in [4.78, 5) is 0.199. The average Bonchev–Trinajstić information content (AvgIpc) is 3.06. The van der Waals surface area contributed by atoms with Crippen LogP contribution in [0.5, 0.6) is 0 Å². The van der Waals surface area contributed by atoms with Crippen molar-refractivity contribution in [3.63, 3.8) is 0 Å². The number of hydrogen-bond acceptors (Lipinski definition) is 4. The maximum Gasteiger partial charge on any atom is 0.242 e. The van der Waals surface area contributed by atoms with Crippen molar-refractivity contribution in [2.75, 3.05) is 0 Å². The molecule has 0 fully saturated rings. The zero-order chi connectivity index (χ0) is 14.6. The summed E-state index contributed by atoms with van der Waals surface area (Å²) in [5.74, 6) is 0. The molecule has 0 bridgehead atoms. The van der Waals surface area contributed by atoms with Gasteiger partial charge in [0.15, 0.2) is 0 Å². The zero-order valence-corrected chi connectivity index (χ0v) is 12.9. The molecule has 0 aliphatic carbocycles. The van der Waals surface area contributed by atoms with Gasteiger partial charge in [-0.2, -0.15) is 11.3 Å². The summed E-state index contributed by atoms with van der Waals surface area (Å²) < 4.78 is 28.8. The first kappa shape index (κ1) is 15.2. The Morgan fingerprint density at radius 2 is 2.25 bits per heavy atom. The van der Waals surface area contributed by atoms with Crippen LogP contribution >= 0.6 is 11.3 Å². The Hall–Kier alpha value is -1.15. The molecular formula is C13H18N2O3S2. The van der Waals surface area contributed by atoms with E-state index in [0.717, 1.165) is 12.0 Å². The molecule has 0 radical (unpaired) electrons. The first-order valence-electron chi connectivity index (χ1n) is 6.37. The van der Waals surface area contributed by atoms with Gasteiger partial charge in [0.2, 0.25) is 10.0 Å². The SMILES string of the molecule is CCCn1cc(S(=O)(=O)NCc2ccsc2)cc1CO. The standard InChI is InChI=1S/C13H18N2O3S2/c1-2-4-15-8-13(6-12(15)9-16)20(17,18)14-7-11-3-5-19-10-11/h3,5-6,8,10,14,16H,2,4,7,9H2,1H3. The van der Waals surface area contributed by atoms with E-state index in [9.17, 15) is 13.5 Å². The summed E-state index contributed by atoms with van der Waals surface area (Å²) in [5, 5.41) is 13.1. The van der Waals surface area contributed by atoms with Crippen LogP contribution in [0.3, 0.4) is 0 Å². The van der Waals surface area contributed by atoms with E-state index in [1.54, 1.807) is 10.8 Å². The number of nitrogens with one attached hydrogen (secondary N) is 1. The van der Waals surface area contributed by atoms with Gasteiger partial charge in [0, 0.05) is 25.0 Å². The molecule has 2 N–H and O–H groups in total. The molecule has 2 heterocycles. The van der Waals surface area contributed by atoms with Gasteiger partial charge in [-0.05, 0) is 34.9 Å². The quantitative estimate of drug-likeness (QED) is 0.820. The predicted octanol–water partition coefficient (Wildman–Crippen LogP) is 1.93. The summed E-state index contributed by atoms with van der Waals surface area (Å²) in [6.07, 6.45) is 2.45. The van der Waals surface area contributed by atoms with Gasteiger partial charge < -0.3 is 9.67 Å². The molecule has 2 aromatic heterocycles. The highest BCUT2D eigenvalue weighted by Gasteiger charge is 2.17. The van der Waals surface area contributed by atoms with Crippen LogP contribution in [0.25, 0.3) is 0 Å². The number of aliphatic hydroxyl groups excluding tert-OH is 1. The van der Waals surface area contributed by atoms with E-state index in [1.807, 2.05) is 23.8 Å². The van der Waals surface area contributed by atoms with Crippen LogP contribution in [0.4, 0.5) is 0 Å². The molecule has 0 spiro atoms. The second-order valence-corrected chi connectivity index (χ2v) is 7.02. The Kier molecular flexibility index (Phi) is 4.98. The number of rotatable bonds is 7. The van der Waals surface area contributed by atoms with Crippen molar-refractivity contribution in [3.8, 4) is 0 Å². The van der Waals surface area contributed by atoms with Crippen molar-refractivity contribution in [2.24, 2.45) is 0 Å². The van der Waals surface area contributed by atoms with Gasteiger partial charge in [0.25, 0.3) is 0 Å². The third-order valence-electron chi connectivity index (χ3n) is 2.94. The van der Waals surface area contributed by atoms with Crippen molar-refractivity contribution in [1.82, 2.24) is 9.29 Å². The van der Waals surface area contributed by atoms with E-state index in [-0.39, 0.29) is 18.0 Å². The summed E-state index contributed by atoms with van der Waals surface area (Å²) in [6.45, 7) is 2.80. The number of aliphatic hydroxyl groups is 1. The number of sulfonamides is 1. The minimum Gasteiger partial charge on any atom is -0.390 e. The molecule has 0 amide bonds. The molecule has 0 aliphatic rings. The Morgan fingerprint density at radius 3 is 2.85 bits per heavy atom. The fourth-order valence-electron chi connectivity index (χ4n) is 1.91. The summed E-state index contributed by atoms with van der Waals surface area (Å²) in [7, 11) is -3.54. The van der Waals surface area contributed by atoms with E-state index in [0.29, 0.717) is 12.2 Å². The summed E-state index contributed by atoms with van der Waals surface area (Å²) in [5.41, 5.74) is 1.55. The molecule has 0 aliphatic heterocycles. The Bertz CT molecular complexity index is 645. The van der Waals surface area contributed by atoms with Crippen molar-refractivity contribution >= 4 is 21.4 Å². The van der Waals surface area contributed by atoms with E-state index < -0.39 is 10.0 Å². The number of thiophene rings is 1. The molecule has 0 aromatic carbocycles. The molecule has 2 rings (SSSR count). The maximum absolute atomic E-state index is 12.2. The van der Waals surface area contributed by atoms with Crippen LogP contribution in [0.1, 0.15) is 24.6 Å². The third-order valence-corrected chi connectivity index (χ3v) is 5.04. The number of hydrogen-bond donors (Lipinski definition) is 2. The highest BCUT2D eigenvalue weighted by Crippen LogP contribution is 2.16. The smallest absolute Gasteiger partial charge is 0.242 e. The molecular weight excluding hydrogens is 296 g/mol. The monoisotopic (exact) mass is 314 g/mol. The van der Waals surface area contributed by atoms with E-state index in [2.05, 4.69) is 4.72 Å². The lowest BCUT2D eigenvalue weighted by Crippen LogP contribution is -2.22. The van der Waals surface area contributed by atoms with Crippen LogP contribution in [0, 0.1) is 0 Å². The third kappa shape index (κ3) is 3.49. The van der Waals surface area contributed by atoms with Gasteiger partial charge in [0.05, 0.1) is 11.5 Å². The van der Waals surface area contributed by atoms with Crippen LogP contribution in [0.2, 0.25) is 0 Å². The molecule has 0 saturated carbocycles. The van der Waals surface area contributed by atoms with Crippen LogP contribution in [0.15, 0.2) is 34.0 Å². The Labute approximate surface area is 122 Å². The Morgan fingerprint density at radius 1 is 1.45 bits per heavy atom. The number of aromatic nitrogens is 1. The predicted molar refractivity (Wildman–Crippen MR) is 79.0 cm³/mol. The maximum atomic E-state index is 12.2. The van der Waals surface area contributed by atoms with Crippen LogP contribution < -0.4 is 4.72 Å². The van der Waals surface area contributed by atoms with Crippen molar-refractivity contribution in [2.45, 2.75) is 37.9 Å². The minimum absolute atomic E-state index is 0.167. The normalized spacial score (nSPS) is 11.9. The summed E-state index contributed by atoms with van der Waals surface area (Å²) >= 11 is 1.53. The van der Waals surface area contributed by atoms with E-state index in [1.165, 1.54) is 17.4 Å². The van der Waals surface area contributed by atoms with Crippen molar-refractivity contribution in [1.29, 1.82) is 0 Å². The molecule has 110 valence electrons. The number of nitrogens with zero attached hydrogens (tertiary/aromatic N) is 1. The fraction of sp³-hybridized carbons (Fsp3) is 0.385. The van der Waals surface area contributed by atoms with Gasteiger partial charge in [-0.25, -0.2) is 13.1 Å². The first-order chi connectivity index (χ1) is 9.56. The molecule has 7 heteroatoms. The highest BCUT2D eigenvalue weighted by atomic mass is 32.2. The first-order valence-corrected chi connectivity index (χ1v) is 8.80. The topological polar surface area (TPSA) is 71.3 Å². The van der Waals surface area contributed by atoms with Gasteiger partial charge in [0.1, 0.15) is 0 Å².